The van der Waals surface area contributed by atoms with E-state index in [0.29, 0.717) is 19.0 Å². The highest BCUT2D eigenvalue weighted by molar-refractivity contribution is 7.88. The molecule has 0 aromatic heterocycles. The summed E-state index contributed by atoms with van der Waals surface area (Å²) in [7, 11) is -3.67. The molecule has 6 nitrogen and oxygen atoms in total. The van der Waals surface area contributed by atoms with Crippen LogP contribution in [0.25, 0.3) is 0 Å². The number of sulfonamides is 1. The van der Waals surface area contributed by atoms with Gasteiger partial charge in [-0.3, -0.25) is 0 Å². The van der Waals surface area contributed by atoms with Crippen LogP contribution in [0.5, 0.6) is 0 Å². The van der Waals surface area contributed by atoms with Crippen molar-refractivity contribution >= 4 is 28.9 Å². The maximum atomic E-state index is 11.6. The van der Waals surface area contributed by atoms with Gasteiger partial charge < -0.3 is 14.1 Å². The molecule has 0 aliphatic carbocycles. The number of hydrogen-bond donors (Lipinski definition) is 0. The second-order valence-electron chi connectivity index (χ2n) is 7.91. The van der Waals surface area contributed by atoms with Gasteiger partial charge in [-0.25, -0.2) is 12.7 Å². The van der Waals surface area contributed by atoms with Crippen LogP contribution in [0.2, 0.25) is 0 Å². The van der Waals surface area contributed by atoms with Crippen LogP contribution in [0.15, 0.2) is 24.3 Å². The van der Waals surface area contributed by atoms with E-state index in [1.165, 1.54) is 11.8 Å². The van der Waals surface area contributed by atoms with Gasteiger partial charge in [0, 0.05) is 13.1 Å². The van der Waals surface area contributed by atoms with Crippen molar-refractivity contribution in [3.8, 4) is 0 Å². The summed E-state index contributed by atoms with van der Waals surface area (Å²) in [5.41, 5.74) is 0.393. The molecule has 2 aliphatic heterocycles. The highest BCUT2D eigenvalue weighted by Gasteiger charge is 2.54. The van der Waals surface area contributed by atoms with Crippen molar-refractivity contribution in [2.24, 2.45) is 0 Å². The molecule has 0 N–H and O–H groups in total. The third kappa shape index (κ3) is 3.60. The minimum Gasteiger partial charge on any atom is -0.399 e. The molecule has 2 saturated heterocycles. The summed E-state index contributed by atoms with van der Waals surface area (Å²) in [5.74, 6) is 0.351. The number of hydrogen-bond acceptors (Lipinski definition) is 5. The Morgan fingerprint density at radius 3 is 2.15 bits per heavy atom. The summed E-state index contributed by atoms with van der Waals surface area (Å²) in [6.45, 7) is 6.57. The van der Waals surface area contributed by atoms with Gasteiger partial charge in [-0.2, -0.15) is 0 Å². The van der Waals surface area contributed by atoms with E-state index in [1.54, 1.807) is 11.2 Å². The lowest BCUT2D eigenvalue weighted by Gasteiger charge is -2.30. The summed E-state index contributed by atoms with van der Waals surface area (Å²) in [4.78, 5) is 11.4. The Morgan fingerprint density at radius 1 is 1.12 bits per heavy atom. The average molecular weight is 379 g/mol. The van der Waals surface area contributed by atoms with E-state index in [-0.39, 0.29) is 0 Å². The minimum absolute atomic E-state index is 0.351. The molecule has 0 radical (unpaired) electrons. The summed E-state index contributed by atoms with van der Waals surface area (Å²) >= 11 is 0. The van der Waals surface area contributed by atoms with Crippen molar-refractivity contribution in [3.05, 3.63) is 29.8 Å². The highest BCUT2D eigenvalue weighted by atomic mass is 32.2. The largest absolute Gasteiger partial charge is 0.495 e. The fourth-order valence-corrected chi connectivity index (χ4v) is 4.40. The second kappa shape index (κ2) is 6.75. The Labute approximate surface area is 156 Å². The first-order valence-corrected chi connectivity index (χ1v) is 10.8. The average Bonchev–Trinajstić information content (AvgIpc) is 2.84. The second-order valence-corrected chi connectivity index (χ2v) is 9.89. The van der Waals surface area contributed by atoms with Crippen LogP contribution in [0.4, 0.5) is 0 Å². The van der Waals surface area contributed by atoms with Gasteiger partial charge in [-0.1, -0.05) is 24.3 Å². The number of benzene rings is 1. The summed E-state index contributed by atoms with van der Waals surface area (Å²) in [6, 6.07) is 8.03. The molecule has 2 heterocycles. The normalized spacial score (nSPS) is 27.6. The molecule has 2 aliphatic rings. The van der Waals surface area contributed by atoms with Crippen LogP contribution < -0.4 is 5.46 Å². The first-order valence-electron chi connectivity index (χ1n) is 8.93. The van der Waals surface area contributed by atoms with E-state index < -0.39 is 28.3 Å². The zero-order valence-corrected chi connectivity index (χ0v) is 16.6. The predicted octanol–water partition coefficient (Wildman–Crippen LogP) is 1.30. The standard InChI is InChI=1S/C18H26BNO5S/c1-17(2)18(3,13-21)25-19(24-17)16-7-5-14(6-8-16)15-9-11-20(12-10-15)26(4,22)23/h5-8,13,15H,9-12H2,1-4H3. The zero-order valence-electron chi connectivity index (χ0n) is 15.8. The number of carbonyl (C=O) groups excluding carboxylic acids is 1. The Bertz CT molecular complexity index is 771. The lowest BCUT2D eigenvalue weighted by atomic mass is 9.77. The molecule has 0 spiro atoms. The Kier molecular flexibility index (Phi) is 5.07. The van der Waals surface area contributed by atoms with Crippen LogP contribution in [0, 0.1) is 0 Å². The monoisotopic (exact) mass is 379 g/mol. The summed E-state index contributed by atoms with van der Waals surface area (Å²) in [5, 5.41) is 0. The van der Waals surface area contributed by atoms with Gasteiger partial charge in [0.05, 0.1) is 11.9 Å². The van der Waals surface area contributed by atoms with Crippen LogP contribution >= 0.6 is 0 Å². The van der Waals surface area contributed by atoms with Crippen LogP contribution in [-0.2, 0) is 24.1 Å². The highest BCUT2D eigenvalue weighted by Crippen LogP contribution is 2.35. The van der Waals surface area contributed by atoms with Gasteiger partial charge in [-0.15, -0.1) is 0 Å². The first kappa shape index (κ1) is 19.5. The zero-order chi connectivity index (χ0) is 19.2. The van der Waals surface area contributed by atoms with Crippen molar-refractivity contribution < 1.29 is 22.5 Å². The lowest BCUT2D eigenvalue weighted by molar-refractivity contribution is -0.126. The number of rotatable bonds is 4. The van der Waals surface area contributed by atoms with Gasteiger partial charge >= 0.3 is 7.12 Å². The molecule has 0 bridgehead atoms. The predicted molar refractivity (Wildman–Crippen MR) is 101 cm³/mol. The molecule has 1 aromatic carbocycles. The Morgan fingerprint density at radius 2 is 1.69 bits per heavy atom. The molecule has 1 aromatic rings. The third-order valence-corrected chi connectivity index (χ3v) is 7.08. The van der Waals surface area contributed by atoms with E-state index in [2.05, 4.69) is 0 Å². The molecule has 0 saturated carbocycles. The van der Waals surface area contributed by atoms with Crippen LogP contribution in [-0.4, -0.2) is 56.7 Å². The van der Waals surface area contributed by atoms with Gasteiger partial charge in [0.2, 0.25) is 10.0 Å². The number of aldehydes is 1. The van der Waals surface area contributed by atoms with E-state index in [4.69, 9.17) is 9.31 Å². The number of carbonyl (C=O) groups is 1. The van der Waals surface area contributed by atoms with Crippen molar-refractivity contribution in [3.63, 3.8) is 0 Å². The van der Waals surface area contributed by atoms with Crippen molar-refractivity contribution in [2.75, 3.05) is 19.3 Å². The van der Waals surface area contributed by atoms with Crippen molar-refractivity contribution in [1.29, 1.82) is 0 Å². The van der Waals surface area contributed by atoms with Gasteiger partial charge in [0.25, 0.3) is 0 Å². The molecule has 8 heteroatoms. The molecule has 142 valence electrons. The molecule has 2 fully saturated rings. The van der Waals surface area contributed by atoms with Crippen LogP contribution in [0.3, 0.4) is 0 Å². The molecule has 1 atom stereocenters. The van der Waals surface area contributed by atoms with Crippen LogP contribution in [0.1, 0.15) is 45.1 Å². The van der Waals surface area contributed by atoms with Gasteiger partial charge in [0.1, 0.15) is 5.60 Å². The SMILES string of the molecule is CC1(C)OB(c2ccc(C3CCN(S(C)(=O)=O)CC3)cc2)OC1(C)C=O. The molecule has 26 heavy (non-hydrogen) atoms. The Balaban J connectivity index is 1.68. The molecule has 0 amide bonds. The van der Waals surface area contributed by atoms with Crippen molar-refractivity contribution in [2.45, 2.75) is 50.7 Å². The fourth-order valence-electron chi connectivity index (χ4n) is 3.52. The van der Waals surface area contributed by atoms with E-state index in [0.717, 1.165) is 24.6 Å². The maximum Gasteiger partial charge on any atom is 0.495 e. The van der Waals surface area contributed by atoms with Crippen molar-refractivity contribution in [1.82, 2.24) is 4.31 Å². The molecular weight excluding hydrogens is 353 g/mol. The molecule has 1 unspecified atom stereocenters. The summed E-state index contributed by atoms with van der Waals surface area (Å²) < 4.78 is 36.6. The third-order valence-electron chi connectivity index (χ3n) is 5.78. The molecule has 3 rings (SSSR count). The quantitative estimate of drug-likeness (QED) is 0.583. The summed E-state index contributed by atoms with van der Waals surface area (Å²) in [6.07, 6.45) is 3.70. The van der Waals surface area contributed by atoms with Gasteiger partial charge in [-0.05, 0) is 50.6 Å². The maximum absolute atomic E-state index is 11.6. The minimum atomic E-state index is -3.10. The first-order chi connectivity index (χ1) is 12.1. The van der Waals surface area contributed by atoms with E-state index in [1.807, 2.05) is 38.1 Å². The fraction of sp³-hybridized carbons (Fsp3) is 0.611. The van der Waals surface area contributed by atoms with E-state index >= 15 is 0 Å². The topological polar surface area (TPSA) is 72.9 Å². The smallest absolute Gasteiger partial charge is 0.399 e. The van der Waals surface area contributed by atoms with Gasteiger partial charge in [0.15, 0.2) is 6.29 Å². The Hall–Kier alpha value is -1.22. The number of nitrogens with zero attached hydrogens (tertiary/aromatic N) is 1. The molecular formula is C18H26BNO5S. The number of piperidine rings is 1. The lowest BCUT2D eigenvalue weighted by Crippen LogP contribution is -2.46. The van der Waals surface area contributed by atoms with E-state index in [9.17, 15) is 13.2 Å².